The average molecular weight is 234 g/mol. The number of nitrogens with zero attached hydrogens (tertiary/aromatic N) is 2. The number of halogens is 1. The molecule has 5 heteroatoms. The zero-order valence-electron chi connectivity index (χ0n) is 9.44. The summed E-state index contributed by atoms with van der Waals surface area (Å²) in [5.74, 6) is -1.33. The first-order valence-electron chi connectivity index (χ1n) is 5.03. The van der Waals surface area contributed by atoms with E-state index in [-0.39, 0.29) is 11.5 Å². The number of aromatic nitrogens is 2. The van der Waals surface area contributed by atoms with Gasteiger partial charge in [0.1, 0.15) is 11.5 Å². The normalized spacial score (nSPS) is 10.5. The van der Waals surface area contributed by atoms with E-state index in [9.17, 15) is 9.18 Å². The molecular formula is C12H11FN2O2. The largest absolute Gasteiger partial charge is 0.477 e. The molecule has 0 aliphatic rings. The van der Waals surface area contributed by atoms with Gasteiger partial charge in [-0.25, -0.2) is 9.18 Å². The van der Waals surface area contributed by atoms with Crippen molar-refractivity contribution < 1.29 is 14.3 Å². The maximum Gasteiger partial charge on any atom is 0.354 e. The number of benzene rings is 1. The minimum absolute atomic E-state index is 0.0991. The summed E-state index contributed by atoms with van der Waals surface area (Å²) in [7, 11) is 1.56. The lowest BCUT2D eigenvalue weighted by atomic mass is 10.1. The van der Waals surface area contributed by atoms with Crippen molar-refractivity contribution in [2.75, 3.05) is 0 Å². The molecule has 2 aromatic rings. The van der Waals surface area contributed by atoms with Gasteiger partial charge in [0.15, 0.2) is 0 Å². The van der Waals surface area contributed by atoms with Crippen molar-refractivity contribution in [3.05, 3.63) is 41.3 Å². The number of hydrogen-bond acceptors (Lipinski definition) is 2. The summed E-state index contributed by atoms with van der Waals surface area (Å²) in [6.07, 6.45) is 0. The van der Waals surface area contributed by atoms with E-state index >= 15 is 0 Å². The number of aromatic carboxylic acids is 1. The van der Waals surface area contributed by atoms with Crippen LogP contribution in [0.4, 0.5) is 4.39 Å². The number of carboxylic acid groups (broad SMARTS) is 1. The minimum atomic E-state index is -1.04. The molecule has 0 saturated carbocycles. The van der Waals surface area contributed by atoms with Gasteiger partial charge in [-0.05, 0) is 36.8 Å². The molecule has 0 aliphatic heterocycles. The van der Waals surface area contributed by atoms with Crippen LogP contribution in [0.5, 0.6) is 0 Å². The fourth-order valence-electron chi connectivity index (χ4n) is 1.61. The van der Waals surface area contributed by atoms with E-state index in [0.717, 1.165) is 0 Å². The molecule has 1 heterocycles. The highest BCUT2D eigenvalue weighted by molar-refractivity contribution is 5.87. The van der Waals surface area contributed by atoms with Gasteiger partial charge in [0, 0.05) is 12.6 Å². The second-order valence-electron chi connectivity index (χ2n) is 3.81. The molecule has 88 valence electrons. The lowest BCUT2D eigenvalue weighted by Gasteiger charge is -1.99. The molecule has 0 amide bonds. The van der Waals surface area contributed by atoms with Crippen molar-refractivity contribution in [3.63, 3.8) is 0 Å². The summed E-state index contributed by atoms with van der Waals surface area (Å²) in [5.41, 5.74) is 1.83. The maximum absolute atomic E-state index is 13.1. The highest BCUT2D eigenvalue weighted by atomic mass is 19.1. The molecule has 1 aromatic carbocycles. The van der Waals surface area contributed by atoms with Gasteiger partial charge in [-0.3, -0.25) is 4.68 Å². The average Bonchev–Trinajstić information content (AvgIpc) is 2.64. The monoisotopic (exact) mass is 234 g/mol. The van der Waals surface area contributed by atoms with E-state index in [4.69, 9.17) is 5.11 Å². The topological polar surface area (TPSA) is 55.1 Å². The van der Waals surface area contributed by atoms with E-state index in [1.807, 2.05) is 0 Å². The van der Waals surface area contributed by atoms with Crippen LogP contribution in [0, 0.1) is 12.7 Å². The van der Waals surface area contributed by atoms with Crippen molar-refractivity contribution in [1.29, 1.82) is 0 Å². The summed E-state index contributed by atoms with van der Waals surface area (Å²) >= 11 is 0. The van der Waals surface area contributed by atoms with Crippen LogP contribution < -0.4 is 0 Å². The van der Waals surface area contributed by atoms with Crippen molar-refractivity contribution >= 4 is 5.97 Å². The Bertz CT molecular complexity index is 590. The second kappa shape index (κ2) is 4.01. The second-order valence-corrected chi connectivity index (χ2v) is 3.81. The molecule has 0 bridgehead atoms. The molecular weight excluding hydrogens is 223 g/mol. The van der Waals surface area contributed by atoms with Gasteiger partial charge in [0.25, 0.3) is 0 Å². The first-order chi connectivity index (χ1) is 7.99. The highest BCUT2D eigenvalue weighted by Gasteiger charge is 2.13. The van der Waals surface area contributed by atoms with Gasteiger partial charge in [-0.1, -0.05) is 0 Å². The molecule has 0 fully saturated rings. The molecule has 17 heavy (non-hydrogen) atoms. The summed E-state index contributed by atoms with van der Waals surface area (Å²) in [4.78, 5) is 10.9. The Morgan fingerprint density at radius 3 is 2.65 bits per heavy atom. The third kappa shape index (κ3) is 2.04. The fourth-order valence-corrected chi connectivity index (χ4v) is 1.61. The predicted molar refractivity (Wildman–Crippen MR) is 60.3 cm³/mol. The number of rotatable bonds is 2. The number of carbonyl (C=O) groups is 1. The Morgan fingerprint density at radius 2 is 2.12 bits per heavy atom. The predicted octanol–water partition coefficient (Wildman–Crippen LogP) is 2.23. The Hall–Kier alpha value is -2.17. The molecule has 1 aromatic heterocycles. The molecule has 2 rings (SSSR count). The van der Waals surface area contributed by atoms with Crippen LogP contribution >= 0.6 is 0 Å². The van der Waals surface area contributed by atoms with Crippen LogP contribution in [-0.4, -0.2) is 20.9 Å². The summed E-state index contributed by atoms with van der Waals surface area (Å²) in [6.45, 7) is 1.65. The minimum Gasteiger partial charge on any atom is -0.477 e. The third-order valence-electron chi connectivity index (χ3n) is 2.55. The van der Waals surface area contributed by atoms with Crippen molar-refractivity contribution in [2.45, 2.75) is 6.92 Å². The van der Waals surface area contributed by atoms with E-state index in [1.54, 1.807) is 26.1 Å². The Labute approximate surface area is 97.3 Å². The maximum atomic E-state index is 13.1. The fraction of sp³-hybridized carbons (Fsp3) is 0.167. The summed E-state index contributed by atoms with van der Waals surface area (Å²) in [6, 6.07) is 6.04. The highest BCUT2D eigenvalue weighted by Crippen LogP contribution is 2.21. The third-order valence-corrected chi connectivity index (χ3v) is 2.55. The van der Waals surface area contributed by atoms with Crippen LogP contribution in [0.1, 0.15) is 16.1 Å². The lowest BCUT2D eigenvalue weighted by molar-refractivity contribution is 0.0685. The molecule has 4 nitrogen and oxygen atoms in total. The van der Waals surface area contributed by atoms with E-state index in [0.29, 0.717) is 16.8 Å². The van der Waals surface area contributed by atoms with E-state index < -0.39 is 5.97 Å². The molecule has 0 unspecified atom stereocenters. The van der Waals surface area contributed by atoms with Crippen LogP contribution in [0.25, 0.3) is 11.3 Å². The van der Waals surface area contributed by atoms with E-state index in [2.05, 4.69) is 5.10 Å². The van der Waals surface area contributed by atoms with Crippen molar-refractivity contribution in [2.24, 2.45) is 7.05 Å². The smallest absolute Gasteiger partial charge is 0.354 e. The van der Waals surface area contributed by atoms with Gasteiger partial charge in [-0.15, -0.1) is 0 Å². The van der Waals surface area contributed by atoms with Crippen molar-refractivity contribution in [3.8, 4) is 11.3 Å². The molecule has 0 atom stereocenters. The number of carboxylic acids is 1. The van der Waals surface area contributed by atoms with Crippen LogP contribution in [-0.2, 0) is 7.05 Å². The molecule has 0 spiro atoms. The Kier molecular flexibility index (Phi) is 2.67. The van der Waals surface area contributed by atoms with Gasteiger partial charge in [0.2, 0.25) is 0 Å². The van der Waals surface area contributed by atoms with Gasteiger partial charge >= 0.3 is 5.97 Å². The van der Waals surface area contributed by atoms with Crippen LogP contribution in [0.2, 0.25) is 0 Å². The lowest BCUT2D eigenvalue weighted by Crippen LogP contribution is -2.04. The summed E-state index contributed by atoms with van der Waals surface area (Å²) in [5, 5.41) is 13.0. The molecule has 1 N–H and O–H groups in total. The Balaban J connectivity index is 2.50. The zero-order chi connectivity index (χ0) is 12.6. The Morgan fingerprint density at radius 1 is 1.41 bits per heavy atom. The summed E-state index contributed by atoms with van der Waals surface area (Å²) < 4.78 is 14.4. The van der Waals surface area contributed by atoms with Gasteiger partial charge in [0.05, 0.1) is 5.69 Å². The number of hydrogen-bond donors (Lipinski definition) is 1. The van der Waals surface area contributed by atoms with Gasteiger partial charge < -0.3 is 5.11 Å². The van der Waals surface area contributed by atoms with Crippen LogP contribution in [0.3, 0.4) is 0 Å². The standard InChI is InChI=1S/C12H11FN2O2/c1-7-5-8(3-4-9(7)13)10-6-11(12(16)17)15(2)14-10/h3-6H,1-2H3,(H,16,17). The molecule has 0 radical (unpaired) electrons. The van der Waals surface area contributed by atoms with Gasteiger partial charge in [-0.2, -0.15) is 5.10 Å². The SMILES string of the molecule is Cc1cc(-c2cc(C(=O)O)n(C)n2)ccc1F. The number of aryl methyl sites for hydroxylation is 2. The van der Waals surface area contributed by atoms with Crippen molar-refractivity contribution in [1.82, 2.24) is 9.78 Å². The first kappa shape index (κ1) is 11.3. The quantitative estimate of drug-likeness (QED) is 0.866. The zero-order valence-corrected chi connectivity index (χ0v) is 9.44. The molecule has 0 aliphatic carbocycles. The first-order valence-corrected chi connectivity index (χ1v) is 5.03. The van der Waals surface area contributed by atoms with Crippen LogP contribution in [0.15, 0.2) is 24.3 Å². The molecule has 0 saturated heterocycles. The van der Waals surface area contributed by atoms with E-state index in [1.165, 1.54) is 16.8 Å².